The molecule has 0 spiro atoms. The van der Waals surface area contributed by atoms with Crippen molar-refractivity contribution in [2.45, 2.75) is 12.8 Å². The molecule has 1 aliphatic heterocycles. The number of nitrogens with one attached hydrogen (secondary N) is 1. The lowest BCUT2D eigenvalue weighted by atomic mass is 10.2. The summed E-state index contributed by atoms with van der Waals surface area (Å²) in [5, 5.41) is 4.95. The van der Waals surface area contributed by atoms with Crippen molar-refractivity contribution in [1.29, 1.82) is 0 Å². The summed E-state index contributed by atoms with van der Waals surface area (Å²) in [6, 6.07) is 7.99. The Hall–Kier alpha value is -1.92. The summed E-state index contributed by atoms with van der Waals surface area (Å²) in [6.45, 7) is 4.11. The van der Waals surface area contributed by atoms with Gasteiger partial charge in [0.25, 0.3) is 0 Å². The average molecular weight is 330 g/mol. The Morgan fingerprint density at radius 1 is 1.26 bits per heavy atom. The highest BCUT2D eigenvalue weighted by Crippen LogP contribution is 2.16. The molecule has 3 rings (SSSR count). The van der Waals surface area contributed by atoms with Crippen molar-refractivity contribution in [3.05, 3.63) is 40.7 Å². The minimum absolute atomic E-state index is 0.0348. The number of nitrogens with zero attached hydrogens (tertiary/aromatic N) is 3. The standard InChI is InChI=1S/C17H22N4OS/c1-20-8-10-21(11-9-20)16-6-4-14(13-18-16)19-17(22)7-5-15-3-2-12-23-15/h2-4,6,12-13H,5,7-11H2,1H3,(H,19,22). The number of carbonyl (C=O) groups is 1. The van der Waals surface area contributed by atoms with E-state index in [-0.39, 0.29) is 5.91 Å². The number of pyridine rings is 1. The fourth-order valence-electron chi connectivity index (χ4n) is 2.60. The number of carbonyl (C=O) groups excluding carboxylic acids is 1. The van der Waals surface area contributed by atoms with Crippen molar-refractivity contribution in [3.8, 4) is 0 Å². The lowest BCUT2D eigenvalue weighted by Crippen LogP contribution is -2.44. The molecule has 0 saturated carbocycles. The molecule has 0 aliphatic carbocycles. The van der Waals surface area contributed by atoms with E-state index in [2.05, 4.69) is 33.2 Å². The van der Waals surface area contributed by atoms with Gasteiger partial charge in [0.15, 0.2) is 0 Å². The molecule has 0 unspecified atom stereocenters. The van der Waals surface area contributed by atoms with Gasteiger partial charge in [-0.1, -0.05) is 6.07 Å². The van der Waals surface area contributed by atoms with E-state index in [9.17, 15) is 4.79 Å². The number of likely N-dealkylation sites (N-methyl/N-ethyl adjacent to an activating group) is 1. The number of piperazine rings is 1. The Labute approximate surface area is 140 Å². The Morgan fingerprint density at radius 3 is 2.74 bits per heavy atom. The second-order valence-electron chi connectivity index (χ2n) is 5.82. The summed E-state index contributed by atoms with van der Waals surface area (Å²) in [4.78, 5) is 22.3. The molecular formula is C17H22N4OS. The first-order valence-electron chi connectivity index (χ1n) is 7.92. The molecule has 0 atom stereocenters. The third kappa shape index (κ3) is 4.53. The molecule has 1 aliphatic rings. The molecule has 5 nitrogen and oxygen atoms in total. The highest BCUT2D eigenvalue weighted by molar-refractivity contribution is 7.09. The van der Waals surface area contributed by atoms with Crippen LogP contribution in [0.1, 0.15) is 11.3 Å². The first kappa shape index (κ1) is 16.0. The molecule has 122 valence electrons. The van der Waals surface area contributed by atoms with Crippen LogP contribution in [0.25, 0.3) is 0 Å². The van der Waals surface area contributed by atoms with Crippen LogP contribution in [-0.2, 0) is 11.2 Å². The summed E-state index contributed by atoms with van der Waals surface area (Å²) >= 11 is 1.69. The molecule has 1 N–H and O–H groups in total. The fraction of sp³-hybridized carbons (Fsp3) is 0.412. The van der Waals surface area contributed by atoms with E-state index in [1.54, 1.807) is 17.5 Å². The smallest absolute Gasteiger partial charge is 0.224 e. The van der Waals surface area contributed by atoms with Crippen molar-refractivity contribution in [1.82, 2.24) is 9.88 Å². The van der Waals surface area contributed by atoms with Crippen LogP contribution in [-0.4, -0.2) is 49.0 Å². The number of amides is 1. The van der Waals surface area contributed by atoms with E-state index in [0.29, 0.717) is 6.42 Å². The van der Waals surface area contributed by atoms with Crippen LogP contribution in [0.15, 0.2) is 35.8 Å². The van der Waals surface area contributed by atoms with Crippen LogP contribution >= 0.6 is 11.3 Å². The Bertz CT molecular complexity index is 619. The van der Waals surface area contributed by atoms with Gasteiger partial charge in [-0.3, -0.25) is 4.79 Å². The quantitative estimate of drug-likeness (QED) is 0.915. The van der Waals surface area contributed by atoms with Crippen molar-refractivity contribution in [3.63, 3.8) is 0 Å². The molecule has 1 amide bonds. The van der Waals surface area contributed by atoms with Gasteiger partial charge in [0.05, 0.1) is 11.9 Å². The second kappa shape index (κ2) is 7.57. The van der Waals surface area contributed by atoms with Gasteiger partial charge in [-0.15, -0.1) is 11.3 Å². The van der Waals surface area contributed by atoms with E-state index in [1.807, 2.05) is 23.6 Å². The average Bonchev–Trinajstić information content (AvgIpc) is 3.08. The molecule has 3 heterocycles. The number of rotatable bonds is 5. The molecular weight excluding hydrogens is 308 g/mol. The molecule has 0 bridgehead atoms. The number of hydrogen-bond donors (Lipinski definition) is 1. The maximum Gasteiger partial charge on any atom is 0.224 e. The molecule has 23 heavy (non-hydrogen) atoms. The number of thiophene rings is 1. The van der Waals surface area contributed by atoms with E-state index in [4.69, 9.17) is 0 Å². The van der Waals surface area contributed by atoms with Crippen LogP contribution in [0.4, 0.5) is 11.5 Å². The lowest BCUT2D eigenvalue weighted by molar-refractivity contribution is -0.116. The number of hydrogen-bond acceptors (Lipinski definition) is 5. The predicted molar refractivity (Wildman–Crippen MR) is 95.2 cm³/mol. The minimum Gasteiger partial charge on any atom is -0.354 e. The molecule has 2 aromatic heterocycles. The van der Waals surface area contributed by atoms with Crippen LogP contribution in [0.5, 0.6) is 0 Å². The largest absolute Gasteiger partial charge is 0.354 e. The number of anilines is 2. The Kier molecular flexibility index (Phi) is 5.25. The van der Waals surface area contributed by atoms with Crippen LogP contribution in [0.2, 0.25) is 0 Å². The molecule has 2 aromatic rings. The highest BCUT2D eigenvalue weighted by atomic mass is 32.1. The minimum atomic E-state index is 0.0348. The number of aromatic nitrogens is 1. The zero-order valence-corrected chi connectivity index (χ0v) is 14.2. The summed E-state index contributed by atoms with van der Waals surface area (Å²) in [5.74, 6) is 1.02. The third-order valence-electron chi connectivity index (χ3n) is 4.04. The van der Waals surface area contributed by atoms with Gasteiger partial charge >= 0.3 is 0 Å². The monoisotopic (exact) mass is 330 g/mol. The van der Waals surface area contributed by atoms with Crippen LogP contribution in [0.3, 0.4) is 0 Å². The van der Waals surface area contributed by atoms with Crippen LogP contribution in [0, 0.1) is 0 Å². The van der Waals surface area contributed by atoms with Gasteiger partial charge in [0, 0.05) is 37.5 Å². The highest BCUT2D eigenvalue weighted by Gasteiger charge is 2.15. The van der Waals surface area contributed by atoms with Gasteiger partial charge in [0.2, 0.25) is 5.91 Å². The van der Waals surface area contributed by atoms with Crippen LogP contribution < -0.4 is 10.2 Å². The van der Waals surface area contributed by atoms with E-state index < -0.39 is 0 Å². The second-order valence-corrected chi connectivity index (χ2v) is 6.86. The van der Waals surface area contributed by atoms with Gasteiger partial charge in [0.1, 0.15) is 5.82 Å². The zero-order chi connectivity index (χ0) is 16.1. The number of aryl methyl sites for hydroxylation is 1. The van der Waals surface area contributed by atoms with E-state index in [0.717, 1.165) is 44.1 Å². The van der Waals surface area contributed by atoms with Crippen molar-refractivity contribution in [2.75, 3.05) is 43.4 Å². The maximum absolute atomic E-state index is 12.0. The fourth-order valence-corrected chi connectivity index (χ4v) is 3.31. The first-order valence-corrected chi connectivity index (χ1v) is 8.80. The van der Waals surface area contributed by atoms with E-state index >= 15 is 0 Å². The topological polar surface area (TPSA) is 48.5 Å². The summed E-state index contributed by atoms with van der Waals surface area (Å²) < 4.78 is 0. The third-order valence-corrected chi connectivity index (χ3v) is 4.97. The van der Waals surface area contributed by atoms with Gasteiger partial charge in [-0.05, 0) is 37.0 Å². The van der Waals surface area contributed by atoms with Gasteiger partial charge in [-0.25, -0.2) is 4.98 Å². The molecule has 0 aromatic carbocycles. The van der Waals surface area contributed by atoms with Gasteiger partial charge in [-0.2, -0.15) is 0 Å². The predicted octanol–water partition coefficient (Wildman–Crippen LogP) is 2.47. The van der Waals surface area contributed by atoms with Gasteiger partial charge < -0.3 is 15.1 Å². The molecule has 0 radical (unpaired) electrons. The normalized spacial score (nSPS) is 15.6. The maximum atomic E-state index is 12.0. The zero-order valence-electron chi connectivity index (χ0n) is 13.4. The SMILES string of the molecule is CN1CCN(c2ccc(NC(=O)CCc3cccs3)cn2)CC1. The molecule has 1 saturated heterocycles. The summed E-state index contributed by atoms with van der Waals surface area (Å²) in [6.07, 6.45) is 3.04. The van der Waals surface area contributed by atoms with Crippen molar-refractivity contribution < 1.29 is 4.79 Å². The summed E-state index contributed by atoms with van der Waals surface area (Å²) in [5.41, 5.74) is 0.763. The van der Waals surface area contributed by atoms with Crippen molar-refractivity contribution in [2.24, 2.45) is 0 Å². The molecule has 6 heteroatoms. The van der Waals surface area contributed by atoms with E-state index in [1.165, 1.54) is 4.88 Å². The first-order chi connectivity index (χ1) is 11.2. The van der Waals surface area contributed by atoms with Crippen molar-refractivity contribution >= 4 is 28.7 Å². The summed E-state index contributed by atoms with van der Waals surface area (Å²) in [7, 11) is 2.14. The Balaban J connectivity index is 1.50. The Morgan fingerprint density at radius 2 is 2.09 bits per heavy atom. The molecule has 1 fully saturated rings. The lowest BCUT2D eigenvalue weighted by Gasteiger charge is -2.33.